The van der Waals surface area contributed by atoms with Gasteiger partial charge in [-0.05, 0) is 43.5 Å². The topological polar surface area (TPSA) is 15.3 Å². The zero-order chi connectivity index (χ0) is 11.5. The molecule has 2 nitrogen and oxygen atoms in total. The molecule has 1 saturated heterocycles. The predicted octanol–water partition coefficient (Wildman–Crippen LogP) is 2.43. The molecule has 1 N–H and O–H groups in total. The molecule has 1 aromatic carbocycles. The summed E-state index contributed by atoms with van der Waals surface area (Å²) in [6.45, 7) is 6.76. The Kier molecular flexibility index (Phi) is 3.49. The minimum Gasteiger partial charge on any atom is -0.373 e. The summed E-state index contributed by atoms with van der Waals surface area (Å²) in [6, 6.07) is 9.36. The summed E-state index contributed by atoms with van der Waals surface area (Å²) in [6.07, 6.45) is 1.31. The molecule has 0 amide bonds. The van der Waals surface area contributed by atoms with Crippen LogP contribution in [0.4, 0.5) is 5.69 Å². The lowest BCUT2D eigenvalue weighted by molar-refractivity contribution is 0.483. The van der Waals surface area contributed by atoms with E-state index in [9.17, 15) is 0 Å². The molecule has 0 aliphatic carbocycles. The van der Waals surface area contributed by atoms with Gasteiger partial charge in [-0.3, -0.25) is 0 Å². The van der Waals surface area contributed by atoms with E-state index in [2.05, 4.69) is 55.4 Å². The van der Waals surface area contributed by atoms with E-state index in [0.717, 1.165) is 12.5 Å². The summed E-state index contributed by atoms with van der Waals surface area (Å²) < 4.78 is 0. The zero-order valence-corrected chi connectivity index (χ0v) is 10.5. The van der Waals surface area contributed by atoms with Gasteiger partial charge < -0.3 is 10.2 Å². The second-order valence-corrected chi connectivity index (χ2v) is 5.05. The maximum Gasteiger partial charge on any atom is 0.0366 e. The largest absolute Gasteiger partial charge is 0.373 e. The minimum absolute atomic E-state index is 0.644. The maximum absolute atomic E-state index is 3.58. The van der Waals surface area contributed by atoms with E-state index < -0.39 is 0 Å². The molecule has 1 fully saturated rings. The first-order valence-electron chi connectivity index (χ1n) is 6.18. The van der Waals surface area contributed by atoms with Crippen LogP contribution in [0.25, 0.3) is 0 Å². The third kappa shape index (κ3) is 2.56. The van der Waals surface area contributed by atoms with Crippen LogP contribution < -0.4 is 10.2 Å². The van der Waals surface area contributed by atoms with E-state index in [-0.39, 0.29) is 0 Å². The third-order valence-corrected chi connectivity index (χ3v) is 3.61. The van der Waals surface area contributed by atoms with Gasteiger partial charge in [-0.15, -0.1) is 0 Å². The SMILES string of the molecule is Cc1cccc(N(C)CC2NCCC2C)c1. The third-order valence-electron chi connectivity index (χ3n) is 3.61. The Morgan fingerprint density at radius 1 is 1.44 bits per heavy atom. The molecule has 1 aliphatic heterocycles. The van der Waals surface area contributed by atoms with Gasteiger partial charge in [0.2, 0.25) is 0 Å². The Bertz CT molecular complexity index is 348. The molecule has 2 unspecified atom stereocenters. The number of nitrogens with one attached hydrogen (secondary N) is 1. The van der Waals surface area contributed by atoms with Crippen LogP contribution in [0.5, 0.6) is 0 Å². The highest BCUT2D eigenvalue weighted by Crippen LogP contribution is 2.19. The van der Waals surface area contributed by atoms with Crippen molar-refractivity contribution in [2.75, 3.05) is 25.0 Å². The smallest absolute Gasteiger partial charge is 0.0366 e. The van der Waals surface area contributed by atoms with Crippen molar-refractivity contribution in [2.24, 2.45) is 5.92 Å². The number of nitrogens with zero attached hydrogens (tertiary/aromatic N) is 1. The van der Waals surface area contributed by atoms with Crippen LogP contribution in [0.2, 0.25) is 0 Å². The fourth-order valence-corrected chi connectivity index (χ4v) is 2.41. The van der Waals surface area contributed by atoms with Crippen molar-refractivity contribution < 1.29 is 0 Å². The molecule has 16 heavy (non-hydrogen) atoms. The molecule has 0 bridgehead atoms. The lowest BCUT2D eigenvalue weighted by Gasteiger charge is -2.26. The standard InChI is InChI=1S/C14H22N2/c1-11-5-4-6-13(9-11)16(3)10-14-12(2)7-8-15-14/h4-6,9,12,14-15H,7-8,10H2,1-3H3. The molecule has 2 heteroatoms. The van der Waals surface area contributed by atoms with Gasteiger partial charge >= 0.3 is 0 Å². The van der Waals surface area contributed by atoms with Crippen LogP contribution >= 0.6 is 0 Å². The van der Waals surface area contributed by atoms with Gasteiger partial charge in [-0.2, -0.15) is 0 Å². The first kappa shape index (κ1) is 11.5. The average Bonchev–Trinajstić information content (AvgIpc) is 2.64. The van der Waals surface area contributed by atoms with Crippen molar-refractivity contribution in [1.29, 1.82) is 0 Å². The number of anilines is 1. The number of likely N-dealkylation sites (N-methyl/N-ethyl adjacent to an activating group) is 1. The number of aryl methyl sites for hydroxylation is 1. The molecule has 2 rings (SSSR count). The van der Waals surface area contributed by atoms with E-state index in [1.54, 1.807) is 0 Å². The van der Waals surface area contributed by atoms with Crippen LogP contribution in [0.3, 0.4) is 0 Å². The van der Waals surface area contributed by atoms with Crippen molar-refractivity contribution in [2.45, 2.75) is 26.3 Å². The van der Waals surface area contributed by atoms with Gasteiger partial charge in [0, 0.05) is 25.3 Å². The second-order valence-electron chi connectivity index (χ2n) is 5.05. The molecule has 2 atom stereocenters. The maximum atomic E-state index is 3.58. The number of hydrogen-bond acceptors (Lipinski definition) is 2. The Balaban J connectivity index is 1.99. The lowest BCUT2D eigenvalue weighted by atomic mass is 10.0. The molecule has 1 aromatic rings. The van der Waals surface area contributed by atoms with E-state index in [1.807, 2.05) is 0 Å². The number of rotatable bonds is 3. The molecular formula is C14H22N2. The lowest BCUT2D eigenvalue weighted by Crippen LogP contribution is -2.38. The van der Waals surface area contributed by atoms with Crippen LogP contribution in [0.1, 0.15) is 18.9 Å². The van der Waals surface area contributed by atoms with E-state index in [1.165, 1.54) is 24.2 Å². The molecule has 0 radical (unpaired) electrons. The first-order valence-corrected chi connectivity index (χ1v) is 6.18. The van der Waals surface area contributed by atoms with Gasteiger partial charge in [0.15, 0.2) is 0 Å². The summed E-state index contributed by atoms with van der Waals surface area (Å²) in [4.78, 5) is 2.35. The average molecular weight is 218 g/mol. The van der Waals surface area contributed by atoms with Crippen molar-refractivity contribution in [3.63, 3.8) is 0 Å². The quantitative estimate of drug-likeness (QED) is 0.838. The van der Waals surface area contributed by atoms with E-state index in [0.29, 0.717) is 6.04 Å². The Morgan fingerprint density at radius 2 is 2.25 bits per heavy atom. The summed E-state index contributed by atoms with van der Waals surface area (Å²) >= 11 is 0. The van der Waals surface area contributed by atoms with Crippen molar-refractivity contribution in [3.05, 3.63) is 29.8 Å². The minimum atomic E-state index is 0.644. The highest BCUT2D eigenvalue weighted by molar-refractivity contribution is 5.47. The van der Waals surface area contributed by atoms with Crippen molar-refractivity contribution in [3.8, 4) is 0 Å². The highest BCUT2D eigenvalue weighted by Gasteiger charge is 2.23. The van der Waals surface area contributed by atoms with Crippen LogP contribution in [-0.4, -0.2) is 26.2 Å². The molecular weight excluding hydrogens is 196 g/mol. The summed E-state index contributed by atoms with van der Waals surface area (Å²) in [5, 5.41) is 3.58. The fourth-order valence-electron chi connectivity index (χ4n) is 2.41. The molecule has 0 aromatic heterocycles. The van der Waals surface area contributed by atoms with Gasteiger partial charge in [-0.25, -0.2) is 0 Å². The van der Waals surface area contributed by atoms with E-state index >= 15 is 0 Å². The second kappa shape index (κ2) is 4.88. The van der Waals surface area contributed by atoms with Gasteiger partial charge in [-0.1, -0.05) is 19.1 Å². The fraction of sp³-hybridized carbons (Fsp3) is 0.571. The van der Waals surface area contributed by atoms with Crippen LogP contribution in [0.15, 0.2) is 24.3 Å². The van der Waals surface area contributed by atoms with Gasteiger partial charge in [0.25, 0.3) is 0 Å². The van der Waals surface area contributed by atoms with Crippen molar-refractivity contribution >= 4 is 5.69 Å². The normalized spacial score (nSPS) is 24.7. The molecule has 0 spiro atoms. The molecule has 88 valence electrons. The molecule has 0 saturated carbocycles. The van der Waals surface area contributed by atoms with Crippen LogP contribution in [0, 0.1) is 12.8 Å². The molecule has 1 heterocycles. The Morgan fingerprint density at radius 3 is 2.88 bits per heavy atom. The Labute approximate surface area is 98.7 Å². The molecule has 1 aliphatic rings. The number of hydrogen-bond donors (Lipinski definition) is 1. The summed E-state index contributed by atoms with van der Waals surface area (Å²) in [5.41, 5.74) is 2.65. The van der Waals surface area contributed by atoms with E-state index in [4.69, 9.17) is 0 Å². The van der Waals surface area contributed by atoms with Crippen LogP contribution in [-0.2, 0) is 0 Å². The number of benzene rings is 1. The predicted molar refractivity (Wildman–Crippen MR) is 70.0 cm³/mol. The highest BCUT2D eigenvalue weighted by atomic mass is 15.1. The van der Waals surface area contributed by atoms with Gasteiger partial charge in [0.1, 0.15) is 0 Å². The first-order chi connectivity index (χ1) is 7.66. The Hall–Kier alpha value is -1.02. The zero-order valence-electron chi connectivity index (χ0n) is 10.5. The van der Waals surface area contributed by atoms with Gasteiger partial charge in [0.05, 0.1) is 0 Å². The summed E-state index contributed by atoms with van der Waals surface area (Å²) in [7, 11) is 2.18. The summed E-state index contributed by atoms with van der Waals surface area (Å²) in [5.74, 6) is 0.798. The monoisotopic (exact) mass is 218 g/mol. The van der Waals surface area contributed by atoms with Crippen molar-refractivity contribution in [1.82, 2.24) is 5.32 Å².